The number of carbonyl (C=O) groups is 2. The zero-order chi connectivity index (χ0) is 16.9. The van der Waals surface area contributed by atoms with Crippen molar-refractivity contribution in [1.82, 2.24) is 0 Å². The van der Waals surface area contributed by atoms with Gasteiger partial charge in [-0.2, -0.15) is 0 Å². The van der Waals surface area contributed by atoms with Crippen LogP contribution in [0.5, 0.6) is 0 Å². The van der Waals surface area contributed by atoms with Gasteiger partial charge < -0.3 is 10.4 Å². The molecular formula is C19H21NO3S. The highest BCUT2D eigenvalue weighted by Gasteiger charge is 2.23. The van der Waals surface area contributed by atoms with Crippen LogP contribution < -0.4 is 5.32 Å². The molecule has 2 N–H and O–H groups in total. The molecule has 1 amide bonds. The Labute approximate surface area is 145 Å². The molecule has 0 atom stereocenters. The molecule has 2 aromatic rings. The van der Waals surface area contributed by atoms with Gasteiger partial charge in [-0.3, -0.25) is 9.59 Å². The van der Waals surface area contributed by atoms with Crippen molar-refractivity contribution in [2.24, 2.45) is 5.92 Å². The molecule has 0 unspecified atom stereocenters. The minimum Gasteiger partial charge on any atom is -0.481 e. The number of carbonyl (C=O) groups excluding carboxylic acids is 1. The van der Waals surface area contributed by atoms with Crippen LogP contribution in [0.15, 0.2) is 36.4 Å². The molecule has 0 bridgehead atoms. The highest BCUT2D eigenvalue weighted by Crippen LogP contribution is 2.36. The molecule has 1 heterocycles. The van der Waals surface area contributed by atoms with Gasteiger partial charge in [0.15, 0.2) is 0 Å². The molecule has 1 aromatic heterocycles. The van der Waals surface area contributed by atoms with E-state index in [1.165, 1.54) is 17.8 Å². The Morgan fingerprint density at radius 2 is 1.83 bits per heavy atom. The Morgan fingerprint density at radius 1 is 1.12 bits per heavy atom. The normalized spacial score (nSPS) is 15.2. The molecule has 24 heavy (non-hydrogen) atoms. The number of anilines is 1. The summed E-state index contributed by atoms with van der Waals surface area (Å²) in [5.74, 6) is -0.804. The van der Waals surface area contributed by atoms with E-state index in [4.69, 9.17) is 5.11 Å². The maximum absolute atomic E-state index is 12.5. The van der Waals surface area contributed by atoms with Crippen LogP contribution in [0.2, 0.25) is 0 Å². The number of benzene rings is 1. The summed E-state index contributed by atoms with van der Waals surface area (Å²) in [7, 11) is 0. The van der Waals surface area contributed by atoms with E-state index in [1.54, 1.807) is 0 Å². The lowest BCUT2D eigenvalue weighted by atomic mass is 9.89. The third kappa shape index (κ3) is 4.03. The van der Waals surface area contributed by atoms with Crippen molar-refractivity contribution in [3.63, 3.8) is 0 Å². The highest BCUT2D eigenvalue weighted by atomic mass is 32.1. The van der Waals surface area contributed by atoms with E-state index in [0.717, 1.165) is 36.1 Å². The van der Waals surface area contributed by atoms with Gasteiger partial charge in [0.25, 0.3) is 0 Å². The molecule has 1 aliphatic rings. The molecule has 0 saturated heterocycles. The number of hydrogen-bond acceptors (Lipinski definition) is 3. The Morgan fingerprint density at radius 3 is 2.50 bits per heavy atom. The molecule has 5 heteroatoms. The lowest BCUT2D eigenvalue weighted by molar-refractivity contribution is -0.136. The lowest BCUT2D eigenvalue weighted by Crippen LogP contribution is -2.24. The molecular weight excluding hydrogens is 322 g/mol. The van der Waals surface area contributed by atoms with Gasteiger partial charge in [-0.05, 0) is 30.0 Å². The van der Waals surface area contributed by atoms with Crippen molar-refractivity contribution >= 4 is 28.2 Å². The average molecular weight is 343 g/mol. The number of carboxylic acid groups (broad SMARTS) is 1. The van der Waals surface area contributed by atoms with Crippen molar-refractivity contribution in [2.45, 2.75) is 38.5 Å². The van der Waals surface area contributed by atoms with Crippen LogP contribution in [0.3, 0.4) is 0 Å². The number of amides is 1. The first-order chi connectivity index (χ1) is 11.6. The predicted octanol–water partition coefficient (Wildman–Crippen LogP) is 4.56. The summed E-state index contributed by atoms with van der Waals surface area (Å²) in [5, 5.41) is 12.8. The summed E-state index contributed by atoms with van der Waals surface area (Å²) >= 11 is 1.45. The number of nitrogens with one attached hydrogen (secondary N) is 1. The van der Waals surface area contributed by atoms with Crippen molar-refractivity contribution in [3.05, 3.63) is 42.0 Å². The van der Waals surface area contributed by atoms with E-state index < -0.39 is 5.97 Å². The fourth-order valence-electron chi connectivity index (χ4n) is 3.15. The summed E-state index contributed by atoms with van der Waals surface area (Å²) in [6.45, 7) is 0. The van der Waals surface area contributed by atoms with Crippen molar-refractivity contribution < 1.29 is 14.7 Å². The molecule has 1 fully saturated rings. The number of rotatable bonds is 5. The first-order valence-corrected chi connectivity index (χ1v) is 9.16. The van der Waals surface area contributed by atoms with Gasteiger partial charge in [0, 0.05) is 10.8 Å². The largest absolute Gasteiger partial charge is 0.481 e. The van der Waals surface area contributed by atoms with Crippen LogP contribution in [0.25, 0.3) is 10.4 Å². The summed E-state index contributed by atoms with van der Waals surface area (Å²) < 4.78 is 0. The van der Waals surface area contributed by atoms with E-state index in [-0.39, 0.29) is 18.2 Å². The van der Waals surface area contributed by atoms with Crippen molar-refractivity contribution in [3.8, 4) is 10.4 Å². The molecule has 1 saturated carbocycles. The van der Waals surface area contributed by atoms with Crippen molar-refractivity contribution in [1.29, 1.82) is 0 Å². The van der Waals surface area contributed by atoms with E-state index in [0.29, 0.717) is 10.6 Å². The number of hydrogen-bond donors (Lipinski definition) is 2. The monoisotopic (exact) mass is 343 g/mol. The van der Waals surface area contributed by atoms with E-state index in [2.05, 4.69) is 5.32 Å². The molecule has 126 valence electrons. The third-order valence-corrected chi connectivity index (χ3v) is 5.56. The topological polar surface area (TPSA) is 66.4 Å². The second-order valence-corrected chi connectivity index (χ2v) is 7.28. The zero-order valence-electron chi connectivity index (χ0n) is 13.5. The van der Waals surface area contributed by atoms with Crippen LogP contribution in [0, 0.1) is 5.92 Å². The fourth-order valence-corrected chi connectivity index (χ4v) is 4.24. The van der Waals surface area contributed by atoms with Gasteiger partial charge in [0.05, 0.1) is 11.4 Å². The predicted molar refractivity (Wildman–Crippen MR) is 96.3 cm³/mol. The third-order valence-electron chi connectivity index (χ3n) is 4.42. The first kappa shape index (κ1) is 16.7. The van der Waals surface area contributed by atoms with Crippen LogP contribution in [0.1, 0.15) is 37.7 Å². The first-order valence-electron chi connectivity index (χ1n) is 8.34. The second kappa shape index (κ2) is 7.62. The van der Waals surface area contributed by atoms with E-state index in [1.807, 2.05) is 36.4 Å². The molecule has 1 aliphatic carbocycles. The number of carboxylic acids is 1. The SMILES string of the molecule is O=C(O)Cc1cc(-c2ccccc2)sc1NC(=O)C1CCCCC1. The van der Waals surface area contributed by atoms with Gasteiger partial charge in [-0.15, -0.1) is 11.3 Å². The maximum Gasteiger partial charge on any atom is 0.307 e. The molecule has 0 spiro atoms. The smallest absolute Gasteiger partial charge is 0.307 e. The van der Waals surface area contributed by atoms with Gasteiger partial charge >= 0.3 is 5.97 Å². The fraction of sp³-hybridized carbons (Fsp3) is 0.368. The van der Waals surface area contributed by atoms with Crippen molar-refractivity contribution in [2.75, 3.05) is 5.32 Å². The molecule has 0 radical (unpaired) electrons. The minimum atomic E-state index is -0.888. The van der Waals surface area contributed by atoms with Gasteiger partial charge in [-0.25, -0.2) is 0 Å². The summed E-state index contributed by atoms with van der Waals surface area (Å²) in [4.78, 5) is 24.6. The average Bonchev–Trinajstić information content (AvgIpc) is 2.98. The Bertz CT molecular complexity index is 717. The molecule has 0 aliphatic heterocycles. The van der Waals surface area contributed by atoms with Crippen LogP contribution in [-0.2, 0) is 16.0 Å². The number of thiophene rings is 1. The van der Waals surface area contributed by atoms with E-state index >= 15 is 0 Å². The minimum absolute atomic E-state index is 0.0304. The summed E-state index contributed by atoms with van der Waals surface area (Å²) in [6, 6.07) is 11.7. The lowest BCUT2D eigenvalue weighted by Gasteiger charge is -2.20. The van der Waals surface area contributed by atoms with Gasteiger partial charge in [0.2, 0.25) is 5.91 Å². The standard InChI is InChI=1S/C19H21NO3S/c21-17(22)12-15-11-16(13-7-3-1-4-8-13)24-19(15)20-18(23)14-9-5-2-6-10-14/h1,3-4,7-8,11,14H,2,5-6,9-10,12H2,(H,20,23)(H,21,22). The summed E-state index contributed by atoms with van der Waals surface area (Å²) in [5.41, 5.74) is 1.71. The Hall–Kier alpha value is -2.14. The van der Waals surface area contributed by atoms with Gasteiger partial charge in [0.1, 0.15) is 0 Å². The maximum atomic E-state index is 12.5. The van der Waals surface area contributed by atoms with E-state index in [9.17, 15) is 9.59 Å². The highest BCUT2D eigenvalue weighted by molar-refractivity contribution is 7.19. The van der Waals surface area contributed by atoms with Crippen LogP contribution in [0.4, 0.5) is 5.00 Å². The zero-order valence-corrected chi connectivity index (χ0v) is 14.3. The quantitative estimate of drug-likeness (QED) is 0.836. The molecule has 1 aromatic carbocycles. The van der Waals surface area contributed by atoms with Gasteiger partial charge in [-0.1, -0.05) is 49.6 Å². The second-order valence-electron chi connectivity index (χ2n) is 6.23. The Kier molecular flexibility index (Phi) is 5.30. The Balaban J connectivity index is 1.83. The molecule has 4 nitrogen and oxygen atoms in total. The molecule has 3 rings (SSSR count). The summed E-state index contributed by atoms with van der Waals surface area (Å²) in [6.07, 6.45) is 5.17. The number of aliphatic carboxylic acids is 1. The van der Waals surface area contributed by atoms with Crippen LogP contribution in [-0.4, -0.2) is 17.0 Å². The van der Waals surface area contributed by atoms with Crippen LogP contribution >= 0.6 is 11.3 Å².